The van der Waals surface area contributed by atoms with Gasteiger partial charge in [-0.05, 0) is 138 Å². The van der Waals surface area contributed by atoms with Crippen LogP contribution in [0.3, 0.4) is 0 Å². The van der Waals surface area contributed by atoms with Crippen LogP contribution in [-0.2, 0) is 10.8 Å². The highest BCUT2D eigenvalue weighted by Crippen LogP contribution is 2.40. The Balaban J connectivity index is 0.000000201. The molecule has 7 heterocycles. The van der Waals surface area contributed by atoms with E-state index in [1.165, 1.54) is 24.3 Å². The van der Waals surface area contributed by atoms with Gasteiger partial charge in [0.1, 0.15) is 55.2 Å². The number of hydrogen-bond acceptors (Lipinski definition) is 13. The maximum absolute atomic E-state index is 14.9. The Labute approximate surface area is 520 Å². The number of hydrogen-bond donors (Lipinski definition) is 2. The van der Waals surface area contributed by atoms with Gasteiger partial charge in [-0.1, -0.05) is 86.3 Å². The molecule has 0 atom stereocenters. The molecule has 446 valence electrons. The van der Waals surface area contributed by atoms with Crippen molar-refractivity contribution in [3.05, 3.63) is 274 Å². The molecule has 0 amide bonds. The van der Waals surface area contributed by atoms with E-state index >= 15 is 0 Å². The van der Waals surface area contributed by atoms with Crippen LogP contribution in [0.4, 0.5) is 26.3 Å². The van der Waals surface area contributed by atoms with Crippen LogP contribution in [0.1, 0.15) is 57.9 Å². The molecule has 11 aromatic rings. The van der Waals surface area contributed by atoms with E-state index in [4.69, 9.17) is 48.9 Å². The van der Waals surface area contributed by atoms with Crippen molar-refractivity contribution < 1.29 is 55.3 Å². The van der Waals surface area contributed by atoms with Crippen molar-refractivity contribution >= 4 is 44.4 Å². The molecule has 4 aromatic carbocycles. The fourth-order valence-electron chi connectivity index (χ4n) is 8.33. The van der Waals surface area contributed by atoms with Crippen molar-refractivity contribution in [1.29, 1.82) is 0 Å². The van der Waals surface area contributed by atoms with Gasteiger partial charge in [0.15, 0.2) is 0 Å². The Kier molecular flexibility index (Phi) is 21.2. The standard InChI is InChI=1S/C35H24F4N4O2.C25H20Br2N2O2.C5H4BF2NO2.CH4/c1-35(2,29-19-23(44-21-9-5-3-6-10-21)17-27(40-29)25-13-15-31(36)42-33(25)38)30-20-24(45-22-11-7-4-8-12-22)18-28(41-30)26-14-16-32(37)43-34(26)39;1-25(2,21-13-19(15-23(26)28-21)30-17-9-5-3-6-10-17)22-14-20(16-24(27)29-22)31-18-11-7-4-8-12-18;7-4-2-1-3(6(10)11)5(8)9-4;/h3-20H,1-2H3;3-16H,1-2H3;1-2,10-11H;1H4. The van der Waals surface area contributed by atoms with Crippen molar-refractivity contribution in [3.8, 4) is 68.5 Å². The van der Waals surface area contributed by atoms with Crippen LogP contribution in [0.2, 0.25) is 0 Å². The minimum atomic E-state index is -1.96. The zero-order chi connectivity index (χ0) is 61.8. The van der Waals surface area contributed by atoms with Gasteiger partial charge in [0.05, 0.1) is 45.3 Å². The third-order valence-electron chi connectivity index (χ3n) is 12.9. The molecule has 7 aromatic heterocycles. The summed E-state index contributed by atoms with van der Waals surface area (Å²) in [6.07, 6.45) is 0. The van der Waals surface area contributed by atoms with E-state index in [1.807, 2.05) is 111 Å². The summed E-state index contributed by atoms with van der Waals surface area (Å²) in [5.41, 5.74) is 0.650. The van der Waals surface area contributed by atoms with Crippen LogP contribution in [0, 0.1) is 35.7 Å². The lowest BCUT2D eigenvalue weighted by molar-refractivity contribution is 0.420. The molecule has 0 saturated carbocycles. The molecule has 0 fully saturated rings. The maximum atomic E-state index is 14.9. The number of aromatic nitrogens is 7. The minimum Gasteiger partial charge on any atom is -0.457 e. The van der Waals surface area contributed by atoms with Crippen molar-refractivity contribution in [2.75, 3.05) is 0 Å². The van der Waals surface area contributed by atoms with E-state index in [1.54, 1.807) is 60.7 Å². The average molecular weight is 1320 g/mol. The lowest BCUT2D eigenvalue weighted by Gasteiger charge is -2.26. The lowest BCUT2D eigenvalue weighted by Crippen LogP contribution is -2.33. The van der Waals surface area contributed by atoms with Crippen LogP contribution in [0.15, 0.2) is 215 Å². The highest BCUT2D eigenvalue weighted by Gasteiger charge is 2.32. The molecular weight excluding hydrogens is 1270 g/mol. The maximum Gasteiger partial charge on any atom is 0.493 e. The lowest BCUT2D eigenvalue weighted by atomic mass is 9.81. The Bertz CT molecular complexity index is 3940. The molecule has 0 radical (unpaired) electrons. The zero-order valence-corrected chi connectivity index (χ0v) is 49.6. The van der Waals surface area contributed by atoms with Crippen molar-refractivity contribution in [2.45, 2.75) is 46.0 Å². The van der Waals surface area contributed by atoms with E-state index in [2.05, 4.69) is 60.7 Å². The molecule has 2 N–H and O–H groups in total. The van der Waals surface area contributed by atoms with Gasteiger partial charge in [-0.15, -0.1) is 0 Å². The van der Waals surface area contributed by atoms with E-state index in [-0.39, 0.29) is 29.9 Å². The van der Waals surface area contributed by atoms with Crippen molar-refractivity contribution in [3.63, 3.8) is 0 Å². The molecular formula is C66H52BBr2F6N7O6. The molecule has 22 heteroatoms. The molecule has 0 aliphatic carbocycles. The summed E-state index contributed by atoms with van der Waals surface area (Å²) >= 11 is 7.04. The molecule has 0 aliphatic rings. The van der Waals surface area contributed by atoms with Crippen LogP contribution in [0.5, 0.6) is 46.0 Å². The average Bonchev–Trinajstić information content (AvgIpc) is 1.72. The Morgan fingerprint density at radius 2 is 0.625 bits per heavy atom. The van der Waals surface area contributed by atoms with Gasteiger partial charge in [0.25, 0.3) is 0 Å². The first kappa shape index (κ1) is 64.6. The highest BCUT2D eigenvalue weighted by molar-refractivity contribution is 9.10. The molecule has 0 spiro atoms. The van der Waals surface area contributed by atoms with E-state index in [9.17, 15) is 26.3 Å². The van der Waals surface area contributed by atoms with E-state index < -0.39 is 59.1 Å². The first-order valence-corrected chi connectivity index (χ1v) is 27.9. The molecule has 13 nitrogen and oxygen atoms in total. The van der Waals surface area contributed by atoms with Crippen LogP contribution in [-0.4, -0.2) is 52.1 Å². The predicted molar refractivity (Wildman–Crippen MR) is 330 cm³/mol. The summed E-state index contributed by atoms with van der Waals surface area (Å²) in [6, 6.07) is 57.6. The number of para-hydroxylation sites is 4. The summed E-state index contributed by atoms with van der Waals surface area (Å²) in [4.78, 5) is 28.2. The predicted octanol–water partition coefficient (Wildman–Crippen LogP) is 16.7. The first-order valence-electron chi connectivity index (χ1n) is 26.3. The topological polar surface area (TPSA) is 168 Å². The smallest absolute Gasteiger partial charge is 0.457 e. The SMILES string of the molecule is C.CC(C)(c1cc(Oc2ccccc2)cc(-c2ccc(F)nc2F)n1)c1cc(Oc2ccccc2)cc(-c2ccc(F)nc2F)n1.CC(C)(c1cc(Oc2ccccc2)cc(Br)n1)c1cc(Oc2ccccc2)cc(Br)n1.OB(O)c1ccc(F)nc1F. The molecule has 0 unspecified atom stereocenters. The van der Waals surface area contributed by atoms with Gasteiger partial charge in [-0.2, -0.15) is 41.3 Å². The Morgan fingerprint density at radius 1 is 0.341 bits per heavy atom. The number of rotatable bonds is 15. The van der Waals surface area contributed by atoms with Crippen molar-refractivity contribution in [1.82, 2.24) is 34.9 Å². The normalized spacial score (nSPS) is 11.0. The first-order chi connectivity index (χ1) is 41.7. The highest BCUT2D eigenvalue weighted by atomic mass is 79.9. The second-order valence-corrected chi connectivity index (χ2v) is 21.5. The number of pyridine rings is 7. The third-order valence-corrected chi connectivity index (χ3v) is 13.7. The van der Waals surface area contributed by atoms with Crippen LogP contribution >= 0.6 is 31.9 Å². The molecule has 11 rings (SSSR count). The Morgan fingerprint density at radius 3 is 0.920 bits per heavy atom. The van der Waals surface area contributed by atoms with E-state index in [0.717, 1.165) is 47.2 Å². The molecule has 0 aliphatic heterocycles. The third kappa shape index (κ3) is 16.8. The summed E-state index contributed by atoms with van der Waals surface area (Å²) < 4.78 is 107. The summed E-state index contributed by atoms with van der Waals surface area (Å²) in [7, 11) is -1.96. The largest absolute Gasteiger partial charge is 0.493 e. The summed E-state index contributed by atoms with van der Waals surface area (Å²) in [5.74, 6) is -1.60. The molecule has 0 bridgehead atoms. The van der Waals surface area contributed by atoms with Gasteiger partial charge in [0.2, 0.25) is 35.7 Å². The van der Waals surface area contributed by atoms with Crippen LogP contribution < -0.4 is 24.4 Å². The second-order valence-electron chi connectivity index (χ2n) is 19.9. The molecule has 0 saturated heterocycles. The van der Waals surface area contributed by atoms with Crippen molar-refractivity contribution in [2.24, 2.45) is 0 Å². The quantitative estimate of drug-likeness (QED) is 0.0566. The summed E-state index contributed by atoms with van der Waals surface area (Å²) in [5, 5.41) is 16.9. The zero-order valence-electron chi connectivity index (χ0n) is 46.4. The number of nitrogens with zero attached hydrogens (tertiary/aromatic N) is 7. The van der Waals surface area contributed by atoms with Gasteiger partial charge in [-0.3, -0.25) is 9.97 Å². The van der Waals surface area contributed by atoms with E-state index in [0.29, 0.717) is 55.1 Å². The fourth-order valence-corrected chi connectivity index (χ4v) is 9.17. The van der Waals surface area contributed by atoms with Gasteiger partial charge in [0, 0.05) is 64.8 Å². The minimum absolute atomic E-state index is 0. The molecule has 88 heavy (non-hydrogen) atoms. The second kappa shape index (κ2) is 28.9. The van der Waals surface area contributed by atoms with Gasteiger partial charge < -0.3 is 29.0 Å². The van der Waals surface area contributed by atoms with Crippen LogP contribution in [0.25, 0.3) is 22.5 Å². The number of ether oxygens (including phenoxy) is 4. The van der Waals surface area contributed by atoms with Gasteiger partial charge >= 0.3 is 7.12 Å². The fraction of sp³-hybridized carbons (Fsp3) is 0.106. The monoisotopic (exact) mass is 1320 g/mol. The summed E-state index contributed by atoms with van der Waals surface area (Å²) in [6.45, 7) is 7.80. The number of benzene rings is 4. The number of halogens is 8. The van der Waals surface area contributed by atoms with Gasteiger partial charge in [-0.25, -0.2) is 9.97 Å². The Hall–Kier alpha value is -9.35.